The zero-order chi connectivity index (χ0) is 10.6. The van der Waals surface area contributed by atoms with Crippen LogP contribution in [-0.4, -0.2) is 23.7 Å². The molecule has 1 aliphatic heterocycles. The Kier molecular flexibility index (Phi) is 4.39. The first-order valence-corrected chi connectivity index (χ1v) is 5.57. The monoisotopic (exact) mass is 199 g/mol. The zero-order valence-corrected chi connectivity index (χ0v) is 9.12. The highest BCUT2D eigenvalue weighted by Crippen LogP contribution is 2.20. The second-order valence-electron chi connectivity index (χ2n) is 4.53. The fourth-order valence-corrected chi connectivity index (χ4v) is 1.79. The molecule has 2 N–H and O–H groups in total. The highest BCUT2D eigenvalue weighted by molar-refractivity contribution is 5.78. The molecule has 0 bridgehead atoms. The van der Waals surface area contributed by atoms with E-state index in [0.29, 0.717) is 6.42 Å². The Morgan fingerprint density at radius 3 is 2.86 bits per heavy atom. The van der Waals surface area contributed by atoms with Crippen LogP contribution in [0.3, 0.4) is 0 Å². The lowest BCUT2D eigenvalue weighted by atomic mass is 9.91. The van der Waals surface area contributed by atoms with Crippen molar-refractivity contribution in [3.05, 3.63) is 0 Å². The topological polar surface area (TPSA) is 49.3 Å². The van der Waals surface area contributed by atoms with Gasteiger partial charge in [0.1, 0.15) is 0 Å². The van der Waals surface area contributed by atoms with Gasteiger partial charge in [-0.1, -0.05) is 20.3 Å². The van der Waals surface area contributed by atoms with Gasteiger partial charge in [0.2, 0.25) is 5.91 Å². The molecule has 1 saturated heterocycles. The maximum atomic E-state index is 11.6. The molecule has 2 unspecified atom stereocenters. The number of hydrogen-bond acceptors (Lipinski definition) is 2. The van der Waals surface area contributed by atoms with Gasteiger partial charge in [0, 0.05) is 12.5 Å². The van der Waals surface area contributed by atoms with E-state index in [9.17, 15) is 9.90 Å². The molecule has 0 aromatic rings. The Bertz CT molecular complexity index is 192. The Hall–Kier alpha value is -0.570. The minimum Gasteiger partial charge on any atom is -0.393 e. The molecular weight excluding hydrogens is 178 g/mol. The summed E-state index contributed by atoms with van der Waals surface area (Å²) in [6.07, 6.45) is 3.36. The van der Waals surface area contributed by atoms with E-state index in [-0.39, 0.29) is 23.8 Å². The Labute approximate surface area is 85.9 Å². The number of aliphatic hydroxyl groups is 1. The van der Waals surface area contributed by atoms with E-state index in [1.807, 2.05) is 13.8 Å². The molecule has 82 valence electrons. The maximum absolute atomic E-state index is 11.6. The zero-order valence-electron chi connectivity index (χ0n) is 9.12. The third kappa shape index (κ3) is 3.29. The van der Waals surface area contributed by atoms with Gasteiger partial charge in [-0.2, -0.15) is 0 Å². The Balaban J connectivity index is 2.44. The van der Waals surface area contributed by atoms with Crippen molar-refractivity contribution in [1.82, 2.24) is 5.32 Å². The van der Waals surface area contributed by atoms with Crippen LogP contribution in [0.25, 0.3) is 0 Å². The highest BCUT2D eigenvalue weighted by atomic mass is 16.3. The minimum absolute atomic E-state index is 0.0231. The lowest BCUT2D eigenvalue weighted by molar-refractivity contribution is -0.125. The van der Waals surface area contributed by atoms with Crippen LogP contribution in [0.1, 0.15) is 39.5 Å². The van der Waals surface area contributed by atoms with E-state index >= 15 is 0 Å². The lowest BCUT2D eigenvalue weighted by Crippen LogP contribution is -2.32. The minimum atomic E-state index is -0.344. The molecule has 2 atom stereocenters. The van der Waals surface area contributed by atoms with Crippen molar-refractivity contribution in [2.45, 2.75) is 45.6 Å². The van der Waals surface area contributed by atoms with Crippen molar-refractivity contribution in [3.63, 3.8) is 0 Å². The third-order valence-corrected chi connectivity index (χ3v) is 2.94. The summed E-state index contributed by atoms with van der Waals surface area (Å²) in [5.41, 5.74) is 0. The SMILES string of the molecule is CC(C)C(O)CC1CCCCNC1=O. The van der Waals surface area contributed by atoms with E-state index in [4.69, 9.17) is 0 Å². The summed E-state index contributed by atoms with van der Waals surface area (Å²) in [5.74, 6) is 0.392. The molecule has 0 aromatic heterocycles. The van der Waals surface area contributed by atoms with Gasteiger partial charge in [0.05, 0.1) is 6.10 Å². The van der Waals surface area contributed by atoms with Crippen molar-refractivity contribution in [2.24, 2.45) is 11.8 Å². The molecule has 1 rings (SSSR count). The third-order valence-electron chi connectivity index (χ3n) is 2.94. The normalized spacial score (nSPS) is 25.7. The number of amides is 1. The van der Waals surface area contributed by atoms with Gasteiger partial charge in [-0.05, 0) is 25.2 Å². The molecule has 0 aromatic carbocycles. The van der Waals surface area contributed by atoms with Crippen molar-refractivity contribution >= 4 is 5.91 Å². The molecule has 3 heteroatoms. The molecule has 0 radical (unpaired) electrons. The van der Waals surface area contributed by atoms with E-state index in [1.165, 1.54) is 0 Å². The highest BCUT2D eigenvalue weighted by Gasteiger charge is 2.24. The summed E-state index contributed by atoms with van der Waals surface area (Å²) < 4.78 is 0. The molecule has 0 aliphatic carbocycles. The van der Waals surface area contributed by atoms with Gasteiger partial charge in [0.15, 0.2) is 0 Å². The molecule has 1 aliphatic rings. The van der Waals surface area contributed by atoms with Crippen LogP contribution < -0.4 is 5.32 Å². The first-order chi connectivity index (χ1) is 6.61. The van der Waals surface area contributed by atoms with Crippen LogP contribution in [0.2, 0.25) is 0 Å². The Morgan fingerprint density at radius 1 is 1.50 bits per heavy atom. The van der Waals surface area contributed by atoms with E-state index in [2.05, 4.69) is 5.32 Å². The first-order valence-electron chi connectivity index (χ1n) is 5.57. The molecular formula is C11H21NO2. The molecule has 14 heavy (non-hydrogen) atoms. The number of rotatable bonds is 3. The van der Waals surface area contributed by atoms with Crippen LogP contribution >= 0.6 is 0 Å². The lowest BCUT2D eigenvalue weighted by Gasteiger charge is -2.19. The van der Waals surface area contributed by atoms with E-state index < -0.39 is 0 Å². The van der Waals surface area contributed by atoms with Gasteiger partial charge in [0.25, 0.3) is 0 Å². The maximum Gasteiger partial charge on any atom is 0.223 e. The van der Waals surface area contributed by atoms with E-state index in [1.54, 1.807) is 0 Å². The fraction of sp³-hybridized carbons (Fsp3) is 0.909. The fourth-order valence-electron chi connectivity index (χ4n) is 1.79. The average molecular weight is 199 g/mol. The van der Waals surface area contributed by atoms with E-state index in [0.717, 1.165) is 25.8 Å². The summed E-state index contributed by atoms with van der Waals surface area (Å²) in [5, 5.41) is 12.6. The molecule has 0 saturated carbocycles. The van der Waals surface area contributed by atoms with Gasteiger partial charge in [-0.3, -0.25) is 4.79 Å². The molecule has 3 nitrogen and oxygen atoms in total. The summed E-state index contributed by atoms with van der Waals surface area (Å²) in [6, 6.07) is 0. The second kappa shape index (κ2) is 5.35. The number of hydrogen-bond donors (Lipinski definition) is 2. The number of carbonyl (C=O) groups excluding carboxylic acids is 1. The smallest absolute Gasteiger partial charge is 0.223 e. The van der Waals surface area contributed by atoms with Crippen molar-refractivity contribution < 1.29 is 9.90 Å². The van der Waals surface area contributed by atoms with Crippen molar-refractivity contribution in [1.29, 1.82) is 0 Å². The standard InChI is InChI=1S/C11H21NO2/c1-8(2)10(13)7-9-5-3-4-6-12-11(9)14/h8-10,13H,3-7H2,1-2H3,(H,12,14). The van der Waals surface area contributed by atoms with Crippen molar-refractivity contribution in [3.8, 4) is 0 Å². The molecule has 0 spiro atoms. The average Bonchev–Trinajstić information content (AvgIpc) is 2.32. The van der Waals surface area contributed by atoms with Crippen LogP contribution in [0.5, 0.6) is 0 Å². The van der Waals surface area contributed by atoms with Crippen LogP contribution in [0.15, 0.2) is 0 Å². The summed E-state index contributed by atoms with van der Waals surface area (Å²) >= 11 is 0. The largest absolute Gasteiger partial charge is 0.393 e. The molecule has 1 heterocycles. The summed E-state index contributed by atoms with van der Waals surface area (Å²) in [7, 11) is 0. The predicted molar refractivity (Wildman–Crippen MR) is 55.8 cm³/mol. The van der Waals surface area contributed by atoms with Crippen molar-refractivity contribution in [2.75, 3.05) is 6.54 Å². The molecule has 1 fully saturated rings. The second-order valence-corrected chi connectivity index (χ2v) is 4.53. The van der Waals surface area contributed by atoms with Gasteiger partial charge >= 0.3 is 0 Å². The van der Waals surface area contributed by atoms with Crippen LogP contribution in [0, 0.1) is 11.8 Å². The number of aliphatic hydroxyl groups excluding tert-OH is 1. The Morgan fingerprint density at radius 2 is 2.21 bits per heavy atom. The van der Waals surface area contributed by atoms with Gasteiger partial charge < -0.3 is 10.4 Å². The summed E-state index contributed by atoms with van der Waals surface area (Å²) in [6.45, 7) is 4.77. The first kappa shape index (κ1) is 11.5. The molecule has 1 amide bonds. The number of nitrogens with one attached hydrogen (secondary N) is 1. The van der Waals surface area contributed by atoms with Gasteiger partial charge in [-0.25, -0.2) is 0 Å². The van der Waals surface area contributed by atoms with Crippen LogP contribution in [0.4, 0.5) is 0 Å². The van der Waals surface area contributed by atoms with Gasteiger partial charge in [-0.15, -0.1) is 0 Å². The predicted octanol–water partition coefficient (Wildman–Crippen LogP) is 1.31. The summed E-state index contributed by atoms with van der Waals surface area (Å²) in [4.78, 5) is 11.6. The quantitative estimate of drug-likeness (QED) is 0.720. The number of carbonyl (C=O) groups is 1. The van der Waals surface area contributed by atoms with Crippen LogP contribution in [-0.2, 0) is 4.79 Å².